The standard InChI is InChI=1S/C25H23N3OS/c1-18-24(23(29)15-13-20-10-6-3-7-11-20)30-25(27-18)22-17-26-16-21(28-22)14-12-19-8-4-2-5-9-19/h2-11,16-17H,12-15H2,1H3. The molecule has 0 spiro atoms. The van der Waals surface area contributed by atoms with Crippen molar-refractivity contribution in [2.24, 2.45) is 0 Å². The Morgan fingerprint density at radius 1 is 0.833 bits per heavy atom. The molecular formula is C25H23N3OS. The number of Topliss-reactive ketones (excluding diaryl/α,β-unsaturated/α-hetero) is 1. The van der Waals surface area contributed by atoms with Gasteiger partial charge in [0.2, 0.25) is 0 Å². The smallest absolute Gasteiger partial charge is 0.175 e. The summed E-state index contributed by atoms with van der Waals surface area (Å²) in [6.07, 6.45) is 6.48. The van der Waals surface area contributed by atoms with Crippen molar-refractivity contribution in [3.63, 3.8) is 0 Å². The number of nitrogens with zero attached hydrogens (tertiary/aromatic N) is 3. The van der Waals surface area contributed by atoms with E-state index in [1.54, 1.807) is 12.4 Å². The summed E-state index contributed by atoms with van der Waals surface area (Å²) in [7, 11) is 0. The minimum Gasteiger partial charge on any atom is -0.293 e. The van der Waals surface area contributed by atoms with Crippen molar-refractivity contribution in [3.8, 4) is 10.7 Å². The van der Waals surface area contributed by atoms with Crippen LogP contribution in [0.4, 0.5) is 0 Å². The highest BCUT2D eigenvalue weighted by molar-refractivity contribution is 7.17. The van der Waals surface area contributed by atoms with Gasteiger partial charge in [-0.15, -0.1) is 11.3 Å². The van der Waals surface area contributed by atoms with Gasteiger partial charge < -0.3 is 0 Å². The number of hydrogen-bond donors (Lipinski definition) is 0. The van der Waals surface area contributed by atoms with Crippen molar-refractivity contribution in [3.05, 3.63) is 100 Å². The minimum atomic E-state index is 0.133. The molecule has 0 saturated heterocycles. The quantitative estimate of drug-likeness (QED) is 0.358. The van der Waals surface area contributed by atoms with Crippen LogP contribution in [0.5, 0.6) is 0 Å². The highest BCUT2D eigenvalue weighted by Crippen LogP contribution is 2.28. The summed E-state index contributed by atoms with van der Waals surface area (Å²) in [6.45, 7) is 1.89. The van der Waals surface area contributed by atoms with Crippen LogP contribution in [0.2, 0.25) is 0 Å². The minimum absolute atomic E-state index is 0.133. The molecule has 0 bridgehead atoms. The van der Waals surface area contributed by atoms with E-state index < -0.39 is 0 Å². The van der Waals surface area contributed by atoms with Crippen LogP contribution in [0.3, 0.4) is 0 Å². The van der Waals surface area contributed by atoms with Gasteiger partial charge in [0, 0.05) is 12.6 Å². The van der Waals surface area contributed by atoms with E-state index in [1.807, 2.05) is 43.3 Å². The molecule has 0 saturated carbocycles. The third-order valence-electron chi connectivity index (χ3n) is 4.95. The SMILES string of the molecule is Cc1nc(-c2cncc(CCc3ccccc3)n2)sc1C(=O)CCc1ccccc1. The second-order valence-corrected chi connectivity index (χ2v) is 8.22. The van der Waals surface area contributed by atoms with Crippen molar-refractivity contribution in [2.45, 2.75) is 32.6 Å². The van der Waals surface area contributed by atoms with Gasteiger partial charge in [-0.2, -0.15) is 0 Å². The monoisotopic (exact) mass is 413 g/mol. The highest BCUT2D eigenvalue weighted by atomic mass is 32.1. The van der Waals surface area contributed by atoms with Crippen LogP contribution in [-0.4, -0.2) is 20.7 Å². The van der Waals surface area contributed by atoms with Gasteiger partial charge in [-0.25, -0.2) is 9.97 Å². The van der Waals surface area contributed by atoms with Crippen LogP contribution >= 0.6 is 11.3 Å². The molecule has 4 nitrogen and oxygen atoms in total. The molecule has 4 aromatic rings. The molecular weight excluding hydrogens is 390 g/mol. The first-order chi connectivity index (χ1) is 14.7. The van der Waals surface area contributed by atoms with Crippen LogP contribution < -0.4 is 0 Å². The molecule has 0 atom stereocenters. The maximum atomic E-state index is 12.7. The average molecular weight is 414 g/mol. The predicted molar refractivity (Wildman–Crippen MR) is 121 cm³/mol. The lowest BCUT2D eigenvalue weighted by Gasteiger charge is -2.03. The number of aromatic nitrogens is 3. The molecule has 0 fully saturated rings. The number of rotatable bonds is 8. The lowest BCUT2D eigenvalue weighted by molar-refractivity contribution is 0.0986. The topological polar surface area (TPSA) is 55.7 Å². The number of hydrogen-bond acceptors (Lipinski definition) is 5. The lowest BCUT2D eigenvalue weighted by Crippen LogP contribution is -2.00. The Bertz CT molecular complexity index is 1120. The van der Waals surface area contributed by atoms with Crippen molar-refractivity contribution in [1.82, 2.24) is 15.0 Å². The molecule has 5 heteroatoms. The Balaban J connectivity index is 1.45. The fourth-order valence-corrected chi connectivity index (χ4v) is 4.32. The van der Waals surface area contributed by atoms with Crippen LogP contribution in [0.15, 0.2) is 73.1 Å². The van der Waals surface area contributed by atoms with Crippen molar-refractivity contribution in [1.29, 1.82) is 0 Å². The Morgan fingerprint density at radius 2 is 1.50 bits per heavy atom. The summed E-state index contributed by atoms with van der Waals surface area (Å²) in [5.74, 6) is 0.133. The van der Waals surface area contributed by atoms with Crippen LogP contribution in [0, 0.1) is 6.92 Å². The third kappa shape index (κ3) is 5.05. The Hall–Kier alpha value is -3.18. The third-order valence-corrected chi connectivity index (χ3v) is 6.17. The van der Waals surface area contributed by atoms with E-state index in [0.717, 1.165) is 46.2 Å². The van der Waals surface area contributed by atoms with Crippen molar-refractivity contribution < 1.29 is 4.79 Å². The van der Waals surface area contributed by atoms with Gasteiger partial charge in [0.05, 0.1) is 22.5 Å². The molecule has 0 amide bonds. The Morgan fingerprint density at radius 3 is 2.20 bits per heavy atom. The summed E-state index contributed by atoms with van der Waals surface area (Å²) in [5, 5.41) is 0.754. The molecule has 2 heterocycles. The number of benzene rings is 2. The van der Waals surface area contributed by atoms with Crippen molar-refractivity contribution >= 4 is 17.1 Å². The number of carbonyl (C=O) groups is 1. The van der Waals surface area contributed by atoms with E-state index in [4.69, 9.17) is 4.98 Å². The second-order valence-electron chi connectivity index (χ2n) is 7.22. The molecule has 0 radical (unpaired) electrons. The first kappa shape index (κ1) is 20.1. The van der Waals surface area contributed by atoms with Crippen LogP contribution in [0.25, 0.3) is 10.7 Å². The summed E-state index contributed by atoms with van der Waals surface area (Å²) in [5.41, 5.74) is 4.88. The van der Waals surface area contributed by atoms with Gasteiger partial charge in [-0.3, -0.25) is 9.78 Å². The van der Waals surface area contributed by atoms with Crippen LogP contribution in [0.1, 0.15) is 38.6 Å². The Kier molecular flexibility index (Phi) is 6.40. The van der Waals surface area contributed by atoms with Gasteiger partial charge in [0.15, 0.2) is 5.78 Å². The van der Waals surface area contributed by atoms with E-state index in [2.05, 4.69) is 34.2 Å². The first-order valence-electron chi connectivity index (χ1n) is 10.1. The molecule has 0 aliphatic rings. The van der Waals surface area contributed by atoms with Gasteiger partial charge >= 0.3 is 0 Å². The van der Waals surface area contributed by atoms with Gasteiger partial charge in [-0.1, -0.05) is 60.7 Å². The maximum Gasteiger partial charge on any atom is 0.175 e. The number of thiazole rings is 1. The molecule has 0 aliphatic heterocycles. The van der Waals surface area contributed by atoms with Gasteiger partial charge in [-0.05, 0) is 37.3 Å². The fourth-order valence-electron chi connectivity index (χ4n) is 3.33. The average Bonchev–Trinajstić information content (AvgIpc) is 3.19. The zero-order chi connectivity index (χ0) is 20.8. The van der Waals surface area contributed by atoms with E-state index in [1.165, 1.54) is 22.5 Å². The van der Waals surface area contributed by atoms with E-state index >= 15 is 0 Å². The number of ketones is 1. The molecule has 150 valence electrons. The zero-order valence-electron chi connectivity index (χ0n) is 16.9. The van der Waals surface area contributed by atoms with E-state index in [0.29, 0.717) is 6.42 Å². The predicted octanol–water partition coefficient (Wildman–Crippen LogP) is 5.51. The van der Waals surface area contributed by atoms with Gasteiger partial charge in [0.25, 0.3) is 0 Å². The Labute approximate surface area is 180 Å². The summed E-state index contributed by atoms with van der Waals surface area (Å²) in [6, 6.07) is 20.4. The highest BCUT2D eigenvalue weighted by Gasteiger charge is 2.17. The fraction of sp³-hybridized carbons (Fsp3) is 0.200. The number of aryl methyl sites for hydroxylation is 4. The number of carbonyl (C=O) groups excluding carboxylic acids is 1. The molecule has 0 aliphatic carbocycles. The molecule has 0 unspecified atom stereocenters. The van der Waals surface area contributed by atoms with E-state index in [9.17, 15) is 4.79 Å². The summed E-state index contributed by atoms with van der Waals surface area (Å²) >= 11 is 1.42. The molecule has 4 rings (SSSR count). The molecule has 2 aromatic heterocycles. The van der Waals surface area contributed by atoms with Crippen molar-refractivity contribution in [2.75, 3.05) is 0 Å². The van der Waals surface area contributed by atoms with E-state index in [-0.39, 0.29) is 5.78 Å². The second kappa shape index (κ2) is 9.55. The molecule has 2 aromatic carbocycles. The zero-order valence-corrected chi connectivity index (χ0v) is 17.7. The lowest BCUT2D eigenvalue weighted by atomic mass is 10.1. The normalized spacial score (nSPS) is 10.8. The first-order valence-corrected chi connectivity index (χ1v) is 10.9. The van der Waals surface area contributed by atoms with Gasteiger partial charge in [0.1, 0.15) is 10.7 Å². The molecule has 30 heavy (non-hydrogen) atoms. The largest absolute Gasteiger partial charge is 0.293 e. The summed E-state index contributed by atoms with van der Waals surface area (Å²) in [4.78, 5) is 27.2. The molecule has 0 N–H and O–H groups in total. The summed E-state index contributed by atoms with van der Waals surface area (Å²) < 4.78 is 0. The van der Waals surface area contributed by atoms with Crippen LogP contribution in [-0.2, 0) is 19.3 Å². The maximum absolute atomic E-state index is 12.7.